The molecule has 0 radical (unpaired) electrons. The lowest BCUT2D eigenvalue weighted by Gasteiger charge is -2.32. The van der Waals surface area contributed by atoms with E-state index in [0.29, 0.717) is 42.9 Å². The van der Waals surface area contributed by atoms with Gasteiger partial charge in [0.1, 0.15) is 17.6 Å². The Hall–Kier alpha value is -3.06. The lowest BCUT2D eigenvalue weighted by Crippen LogP contribution is -2.55. The third kappa shape index (κ3) is 8.25. The quantitative estimate of drug-likeness (QED) is 0.297. The summed E-state index contributed by atoms with van der Waals surface area (Å²) in [6.45, 7) is 0.598. The fraction of sp³-hybridized carbons (Fsp3) is 0.500. The van der Waals surface area contributed by atoms with Crippen molar-refractivity contribution in [2.45, 2.75) is 75.1 Å². The van der Waals surface area contributed by atoms with E-state index in [9.17, 15) is 19.1 Å². The number of hydrogen-bond donors (Lipinski definition) is 4. The largest absolute Gasteiger partial charge is 0.493 e. The van der Waals surface area contributed by atoms with E-state index in [1.807, 2.05) is 24.3 Å². The van der Waals surface area contributed by atoms with E-state index in [2.05, 4.69) is 29.2 Å². The zero-order chi connectivity index (χ0) is 29.4. The summed E-state index contributed by atoms with van der Waals surface area (Å²) in [5.41, 5.74) is 2.15. The fourth-order valence-corrected chi connectivity index (χ4v) is 5.64. The average molecular weight is 582 g/mol. The number of ether oxygens (including phenoxy) is 1. The van der Waals surface area contributed by atoms with Crippen LogP contribution < -0.4 is 15.4 Å². The highest BCUT2D eigenvalue weighted by Gasteiger charge is 2.44. The van der Waals surface area contributed by atoms with Crippen molar-refractivity contribution in [1.29, 1.82) is 0 Å². The molecule has 2 amide bonds. The second-order valence-corrected chi connectivity index (χ2v) is 11.5. The van der Waals surface area contributed by atoms with Crippen LogP contribution in [0.4, 0.5) is 4.39 Å². The number of carbonyl (C=O) groups is 2. The molecule has 3 atom stereocenters. The van der Waals surface area contributed by atoms with Gasteiger partial charge < -0.3 is 25.4 Å². The van der Waals surface area contributed by atoms with Gasteiger partial charge in [0.15, 0.2) is 0 Å². The summed E-state index contributed by atoms with van der Waals surface area (Å²) >= 11 is 4.32. The van der Waals surface area contributed by atoms with Crippen LogP contribution in [0.5, 0.6) is 5.75 Å². The van der Waals surface area contributed by atoms with Gasteiger partial charge in [0.25, 0.3) is 0 Å². The third-order valence-electron chi connectivity index (χ3n) is 8.03. The van der Waals surface area contributed by atoms with Crippen LogP contribution in [-0.2, 0) is 21.5 Å². The molecular formula is C32H40FN3O4S. The number of thiol groups is 1. The Morgan fingerprint density at radius 3 is 2.78 bits per heavy atom. The second kappa shape index (κ2) is 14.2. The van der Waals surface area contributed by atoms with E-state index in [-0.39, 0.29) is 30.3 Å². The molecule has 1 aliphatic heterocycles. The highest BCUT2D eigenvalue weighted by Crippen LogP contribution is 2.45. The van der Waals surface area contributed by atoms with Gasteiger partial charge in [-0.25, -0.2) is 4.39 Å². The molecule has 0 spiro atoms. The first-order valence-corrected chi connectivity index (χ1v) is 15.0. The van der Waals surface area contributed by atoms with Gasteiger partial charge in [-0.15, -0.1) is 6.42 Å². The normalized spacial score (nSPS) is 22.3. The van der Waals surface area contributed by atoms with Crippen LogP contribution in [0.15, 0.2) is 42.5 Å². The zero-order valence-corrected chi connectivity index (χ0v) is 24.5. The SMILES string of the molecule is C#Cc1cccc(C2(NC[C@@H](O)C3Cc4cc(F)cc(c4)OCCCCCC(=O)N(C)C(CCS)C(=O)N3)CC2)c1. The van der Waals surface area contributed by atoms with E-state index in [1.54, 1.807) is 13.1 Å². The molecule has 4 rings (SSSR count). The average Bonchev–Trinajstić information content (AvgIpc) is 3.76. The van der Waals surface area contributed by atoms with E-state index in [4.69, 9.17) is 11.2 Å². The first-order valence-electron chi connectivity index (χ1n) is 14.3. The summed E-state index contributed by atoms with van der Waals surface area (Å²) in [6, 6.07) is 10.8. The number of carbonyl (C=O) groups excluding carboxylic acids is 2. The second-order valence-electron chi connectivity index (χ2n) is 11.1. The molecule has 0 aromatic heterocycles. The van der Waals surface area contributed by atoms with Crippen molar-refractivity contribution in [2.24, 2.45) is 0 Å². The van der Waals surface area contributed by atoms with Crippen LogP contribution in [0, 0.1) is 18.2 Å². The van der Waals surface area contributed by atoms with Gasteiger partial charge in [-0.3, -0.25) is 9.59 Å². The molecule has 3 N–H and O–H groups in total. The predicted molar refractivity (Wildman–Crippen MR) is 160 cm³/mol. The maximum absolute atomic E-state index is 14.6. The van der Waals surface area contributed by atoms with Crippen molar-refractivity contribution in [1.82, 2.24) is 15.5 Å². The molecule has 7 nitrogen and oxygen atoms in total. The van der Waals surface area contributed by atoms with Crippen LogP contribution in [0.2, 0.25) is 0 Å². The maximum Gasteiger partial charge on any atom is 0.243 e. The van der Waals surface area contributed by atoms with Gasteiger partial charge in [-0.1, -0.05) is 18.1 Å². The number of terminal acetylenes is 1. The lowest BCUT2D eigenvalue weighted by atomic mass is 9.98. The summed E-state index contributed by atoms with van der Waals surface area (Å²) in [6.07, 6.45) is 9.40. The number of likely N-dealkylation sites (N-methyl/N-ethyl adjacent to an activating group) is 1. The maximum atomic E-state index is 14.6. The van der Waals surface area contributed by atoms with E-state index in [0.717, 1.165) is 36.8 Å². The number of rotatable bonds is 7. The first kappa shape index (κ1) is 30.9. The van der Waals surface area contributed by atoms with E-state index >= 15 is 0 Å². The van der Waals surface area contributed by atoms with Crippen molar-refractivity contribution < 1.29 is 23.8 Å². The fourth-order valence-electron chi connectivity index (χ4n) is 5.40. The Balaban J connectivity index is 1.57. The molecule has 2 unspecified atom stereocenters. The molecule has 1 fully saturated rings. The predicted octanol–water partition coefficient (Wildman–Crippen LogP) is 3.57. The molecule has 1 saturated carbocycles. The van der Waals surface area contributed by atoms with Gasteiger partial charge in [0.2, 0.25) is 11.8 Å². The molecule has 220 valence electrons. The summed E-state index contributed by atoms with van der Waals surface area (Å²) in [7, 11) is 1.63. The number of aliphatic hydroxyl groups is 1. The molecule has 0 saturated heterocycles. The minimum atomic E-state index is -1.00. The smallest absolute Gasteiger partial charge is 0.243 e. The van der Waals surface area contributed by atoms with Gasteiger partial charge in [-0.05, 0) is 86.1 Å². The Morgan fingerprint density at radius 1 is 1.24 bits per heavy atom. The minimum Gasteiger partial charge on any atom is -0.493 e. The number of fused-ring (bicyclic) bond motifs is 2. The number of amides is 2. The highest BCUT2D eigenvalue weighted by atomic mass is 32.1. The molecule has 41 heavy (non-hydrogen) atoms. The molecule has 1 heterocycles. The van der Waals surface area contributed by atoms with E-state index < -0.39 is 24.0 Å². The van der Waals surface area contributed by atoms with Crippen molar-refractivity contribution >= 4 is 24.4 Å². The first-order chi connectivity index (χ1) is 19.7. The molecule has 9 heteroatoms. The van der Waals surface area contributed by atoms with Crippen LogP contribution in [0.25, 0.3) is 0 Å². The lowest BCUT2D eigenvalue weighted by molar-refractivity contribution is -0.139. The van der Waals surface area contributed by atoms with Crippen molar-refractivity contribution in [3.05, 3.63) is 65.0 Å². The van der Waals surface area contributed by atoms with Crippen LogP contribution in [0.1, 0.15) is 61.6 Å². The number of aliphatic hydroxyl groups excluding tert-OH is 1. The highest BCUT2D eigenvalue weighted by molar-refractivity contribution is 7.80. The van der Waals surface area contributed by atoms with Crippen molar-refractivity contribution in [3.8, 4) is 18.1 Å². The molecule has 2 aromatic carbocycles. The van der Waals surface area contributed by atoms with Crippen molar-refractivity contribution in [3.63, 3.8) is 0 Å². The number of halogens is 1. The molecular weight excluding hydrogens is 541 g/mol. The van der Waals surface area contributed by atoms with Crippen molar-refractivity contribution in [2.75, 3.05) is 26.0 Å². The summed E-state index contributed by atoms with van der Waals surface area (Å²) < 4.78 is 20.3. The number of hydrogen-bond acceptors (Lipinski definition) is 6. The molecule has 1 aliphatic carbocycles. The van der Waals surface area contributed by atoms with Gasteiger partial charge in [-0.2, -0.15) is 12.6 Å². The number of nitrogens with zero attached hydrogens (tertiary/aromatic N) is 1. The Labute approximate surface area is 247 Å². The standard InChI is InChI=1S/C32H40FN3O4S/c1-3-22-8-7-9-24(16-22)32(12-13-32)34-21-29(37)27-19-23-17-25(33)20-26(18-23)40-14-6-4-5-10-30(38)36(2)28(11-15-41)31(39)35-27/h1,7-9,16-18,20,27-29,34,37,41H,4-6,10-15,19,21H2,2H3,(H,35,39)/t27?,28?,29-/m1/s1. The minimum absolute atomic E-state index is 0.115. The Kier molecular flexibility index (Phi) is 10.7. The van der Waals surface area contributed by atoms with Gasteiger partial charge in [0, 0.05) is 37.2 Å². The monoisotopic (exact) mass is 581 g/mol. The summed E-state index contributed by atoms with van der Waals surface area (Å²) in [5, 5.41) is 17.9. The molecule has 2 aliphatic rings. The molecule has 2 aromatic rings. The Bertz CT molecular complexity index is 1260. The molecule has 2 bridgehead atoms. The van der Waals surface area contributed by atoms with Crippen LogP contribution in [0.3, 0.4) is 0 Å². The van der Waals surface area contributed by atoms with E-state index in [1.165, 1.54) is 17.0 Å². The van der Waals surface area contributed by atoms with Crippen LogP contribution >= 0.6 is 12.6 Å². The van der Waals surface area contributed by atoms with Crippen LogP contribution in [-0.4, -0.2) is 66.0 Å². The third-order valence-corrected chi connectivity index (χ3v) is 8.29. The summed E-state index contributed by atoms with van der Waals surface area (Å²) in [5.74, 6) is 2.55. The van der Waals surface area contributed by atoms with Gasteiger partial charge >= 0.3 is 0 Å². The number of nitrogens with one attached hydrogen (secondary N) is 2. The topological polar surface area (TPSA) is 90.9 Å². The Morgan fingerprint density at radius 2 is 2.05 bits per heavy atom. The summed E-state index contributed by atoms with van der Waals surface area (Å²) in [4.78, 5) is 28.0. The zero-order valence-electron chi connectivity index (χ0n) is 23.6. The number of benzene rings is 2. The van der Waals surface area contributed by atoms with Gasteiger partial charge in [0.05, 0.1) is 18.8 Å².